The van der Waals surface area contributed by atoms with Crippen LogP contribution in [0.1, 0.15) is 21.1 Å². The van der Waals surface area contributed by atoms with E-state index in [0.29, 0.717) is 6.67 Å². The van der Waals surface area contributed by atoms with E-state index in [0.717, 1.165) is 48.2 Å². The number of amides is 1. The van der Waals surface area contributed by atoms with Gasteiger partial charge in [0.15, 0.2) is 4.77 Å². The molecular weight excluding hydrogens is 390 g/mol. The van der Waals surface area contributed by atoms with E-state index in [4.69, 9.17) is 12.2 Å². The van der Waals surface area contributed by atoms with Crippen LogP contribution in [0.4, 0.5) is 0 Å². The van der Waals surface area contributed by atoms with E-state index in [2.05, 4.69) is 26.7 Å². The molecule has 1 fully saturated rings. The SMILES string of the molecule is Cc1nn(CN2CCN(C(=O)c3cccs3)CC2)c(=S)n1Cc1ccccc1. The third-order valence-electron chi connectivity index (χ3n) is 5.02. The van der Waals surface area contributed by atoms with Crippen LogP contribution in [0, 0.1) is 11.7 Å². The molecule has 3 aromatic rings. The van der Waals surface area contributed by atoms with Crippen LogP contribution in [-0.2, 0) is 13.2 Å². The molecule has 0 aliphatic carbocycles. The molecule has 1 amide bonds. The first kappa shape index (κ1) is 19.0. The molecule has 0 saturated carbocycles. The van der Waals surface area contributed by atoms with Gasteiger partial charge in [0.05, 0.1) is 18.1 Å². The van der Waals surface area contributed by atoms with Crippen LogP contribution in [-0.4, -0.2) is 56.2 Å². The Bertz CT molecular complexity index is 986. The number of rotatable bonds is 5. The zero-order valence-corrected chi connectivity index (χ0v) is 17.5. The average Bonchev–Trinajstić information content (AvgIpc) is 3.34. The second kappa shape index (κ2) is 8.38. The van der Waals surface area contributed by atoms with Gasteiger partial charge in [0.2, 0.25) is 0 Å². The van der Waals surface area contributed by atoms with E-state index in [1.54, 1.807) is 0 Å². The number of aromatic nitrogens is 3. The van der Waals surface area contributed by atoms with Gasteiger partial charge in [-0.05, 0) is 36.2 Å². The normalized spacial score (nSPS) is 15.1. The lowest BCUT2D eigenvalue weighted by Crippen LogP contribution is -2.48. The fourth-order valence-electron chi connectivity index (χ4n) is 3.43. The second-order valence-corrected chi connectivity index (χ2v) is 8.24. The predicted octanol–water partition coefficient (Wildman–Crippen LogP) is 3.25. The van der Waals surface area contributed by atoms with Crippen molar-refractivity contribution in [3.05, 3.63) is 68.9 Å². The number of hydrogen-bond acceptors (Lipinski definition) is 5. The molecule has 1 aliphatic rings. The summed E-state index contributed by atoms with van der Waals surface area (Å²) in [6.45, 7) is 6.48. The summed E-state index contributed by atoms with van der Waals surface area (Å²) in [5, 5.41) is 6.59. The summed E-state index contributed by atoms with van der Waals surface area (Å²) in [4.78, 5) is 17.5. The first-order valence-corrected chi connectivity index (χ1v) is 10.6. The predicted molar refractivity (Wildman–Crippen MR) is 113 cm³/mol. The molecule has 8 heteroatoms. The van der Waals surface area contributed by atoms with Crippen molar-refractivity contribution < 1.29 is 4.79 Å². The number of nitrogens with zero attached hydrogens (tertiary/aromatic N) is 5. The number of benzene rings is 1. The molecule has 1 saturated heterocycles. The van der Waals surface area contributed by atoms with E-state index in [1.165, 1.54) is 16.9 Å². The maximum atomic E-state index is 12.5. The molecule has 6 nitrogen and oxygen atoms in total. The molecule has 2 aromatic heterocycles. The first-order valence-electron chi connectivity index (χ1n) is 9.35. The number of carbonyl (C=O) groups is 1. The average molecular weight is 414 g/mol. The maximum Gasteiger partial charge on any atom is 0.264 e. The van der Waals surface area contributed by atoms with Gasteiger partial charge in [0.1, 0.15) is 5.82 Å². The van der Waals surface area contributed by atoms with Gasteiger partial charge in [-0.2, -0.15) is 5.10 Å². The zero-order valence-electron chi connectivity index (χ0n) is 15.8. The number of piperazine rings is 1. The molecule has 146 valence electrons. The Hall–Kier alpha value is -2.29. The second-order valence-electron chi connectivity index (χ2n) is 6.93. The highest BCUT2D eigenvalue weighted by Gasteiger charge is 2.23. The van der Waals surface area contributed by atoms with Crippen molar-refractivity contribution in [2.24, 2.45) is 0 Å². The van der Waals surface area contributed by atoms with Crippen molar-refractivity contribution in [2.45, 2.75) is 20.1 Å². The van der Waals surface area contributed by atoms with Gasteiger partial charge in [0.25, 0.3) is 5.91 Å². The summed E-state index contributed by atoms with van der Waals surface area (Å²) in [5.41, 5.74) is 1.21. The Morgan fingerprint density at radius 1 is 1.11 bits per heavy atom. The fourth-order valence-corrected chi connectivity index (χ4v) is 4.41. The van der Waals surface area contributed by atoms with E-state index in [9.17, 15) is 4.79 Å². The molecule has 0 unspecified atom stereocenters. The molecule has 1 aromatic carbocycles. The maximum absolute atomic E-state index is 12.5. The molecular formula is C20H23N5OS2. The smallest absolute Gasteiger partial charge is 0.264 e. The van der Waals surface area contributed by atoms with Gasteiger partial charge in [-0.25, -0.2) is 4.68 Å². The third-order valence-corrected chi connectivity index (χ3v) is 6.31. The number of carbonyl (C=O) groups excluding carboxylic acids is 1. The number of hydrogen-bond donors (Lipinski definition) is 0. The van der Waals surface area contributed by atoms with Crippen LogP contribution in [0.2, 0.25) is 0 Å². The largest absolute Gasteiger partial charge is 0.335 e. The van der Waals surface area contributed by atoms with E-state index in [-0.39, 0.29) is 5.91 Å². The van der Waals surface area contributed by atoms with Crippen molar-refractivity contribution in [1.82, 2.24) is 24.1 Å². The van der Waals surface area contributed by atoms with Crippen molar-refractivity contribution in [2.75, 3.05) is 26.2 Å². The highest BCUT2D eigenvalue weighted by Crippen LogP contribution is 2.14. The summed E-state index contributed by atoms with van der Waals surface area (Å²) >= 11 is 7.17. The molecule has 28 heavy (non-hydrogen) atoms. The van der Waals surface area contributed by atoms with Gasteiger partial charge in [-0.15, -0.1) is 11.3 Å². The number of aryl methyl sites for hydroxylation is 1. The number of thiophene rings is 1. The van der Waals surface area contributed by atoms with E-state index < -0.39 is 0 Å². The summed E-state index contributed by atoms with van der Waals surface area (Å²) in [6.07, 6.45) is 0. The van der Waals surface area contributed by atoms with Gasteiger partial charge in [-0.1, -0.05) is 36.4 Å². The van der Waals surface area contributed by atoms with Crippen LogP contribution < -0.4 is 0 Å². The van der Waals surface area contributed by atoms with Gasteiger partial charge in [0, 0.05) is 26.2 Å². The zero-order chi connectivity index (χ0) is 19.5. The third kappa shape index (κ3) is 4.09. The topological polar surface area (TPSA) is 46.3 Å². The van der Waals surface area contributed by atoms with Gasteiger partial charge < -0.3 is 4.90 Å². The minimum absolute atomic E-state index is 0.134. The van der Waals surface area contributed by atoms with E-state index in [1.807, 2.05) is 52.2 Å². The summed E-state index contributed by atoms with van der Waals surface area (Å²) in [5.74, 6) is 1.05. The van der Waals surface area contributed by atoms with Crippen molar-refractivity contribution in [1.29, 1.82) is 0 Å². The minimum atomic E-state index is 0.134. The minimum Gasteiger partial charge on any atom is -0.335 e. The molecule has 0 spiro atoms. The Labute approximate surface area is 173 Å². The Balaban J connectivity index is 1.38. The van der Waals surface area contributed by atoms with Crippen molar-refractivity contribution in [3.63, 3.8) is 0 Å². The van der Waals surface area contributed by atoms with Crippen LogP contribution >= 0.6 is 23.6 Å². The Morgan fingerprint density at radius 2 is 1.86 bits per heavy atom. The summed E-state index contributed by atoms with van der Waals surface area (Å²) in [7, 11) is 0. The molecule has 0 bridgehead atoms. The summed E-state index contributed by atoms with van der Waals surface area (Å²) in [6, 6.07) is 14.1. The lowest BCUT2D eigenvalue weighted by Gasteiger charge is -2.34. The highest BCUT2D eigenvalue weighted by molar-refractivity contribution is 7.71. The monoisotopic (exact) mass is 413 g/mol. The molecule has 3 heterocycles. The van der Waals surface area contributed by atoms with Crippen molar-refractivity contribution in [3.8, 4) is 0 Å². The molecule has 1 aliphatic heterocycles. The fraction of sp³-hybridized carbons (Fsp3) is 0.350. The van der Waals surface area contributed by atoms with Crippen LogP contribution in [0.5, 0.6) is 0 Å². The molecule has 0 atom stereocenters. The van der Waals surface area contributed by atoms with E-state index >= 15 is 0 Å². The van der Waals surface area contributed by atoms with Gasteiger partial charge in [-0.3, -0.25) is 14.3 Å². The van der Waals surface area contributed by atoms with Crippen LogP contribution in [0.3, 0.4) is 0 Å². The Kier molecular flexibility index (Phi) is 5.70. The molecule has 0 radical (unpaired) electrons. The highest BCUT2D eigenvalue weighted by atomic mass is 32.1. The van der Waals surface area contributed by atoms with Crippen molar-refractivity contribution >= 4 is 29.5 Å². The first-order chi connectivity index (χ1) is 13.6. The Morgan fingerprint density at radius 3 is 2.54 bits per heavy atom. The van der Waals surface area contributed by atoms with Crippen LogP contribution in [0.15, 0.2) is 47.8 Å². The lowest BCUT2D eigenvalue weighted by atomic mass is 10.2. The quantitative estimate of drug-likeness (QED) is 0.603. The molecule has 4 rings (SSSR count). The summed E-state index contributed by atoms with van der Waals surface area (Å²) < 4.78 is 4.70. The van der Waals surface area contributed by atoms with Gasteiger partial charge >= 0.3 is 0 Å². The molecule has 0 N–H and O–H groups in total. The standard InChI is InChI=1S/C20H23N5OS2/c1-16-21-25(20(27)24(16)14-17-6-3-2-4-7-17)15-22-9-11-23(12-10-22)19(26)18-8-5-13-28-18/h2-8,13H,9-12,14-15H2,1H3. The van der Waals surface area contributed by atoms with Crippen LogP contribution in [0.25, 0.3) is 0 Å². The lowest BCUT2D eigenvalue weighted by molar-refractivity contribution is 0.0589.